The second-order valence-electron chi connectivity index (χ2n) is 6.00. The van der Waals surface area contributed by atoms with Crippen LogP contribution in [0.15, 0.2) is 36.4 Å². The molecule has 25 heavy (non-hydrogen) atoms. The zero-order chi connectivity index (χ0) is 18.4. The van der Waals surface area contributed by atoms with Gasteiger partial charge in [-0.2, -0.15) is 0 Å². The molecular formula is C19H24ClN2O3+. The number of halogens is 1. The summed E-state index contributed by atoms with van der Waals surface area (Å²) in [4.78, 5) is 13.3. The molecule has 0 saturated heterocycles. The van der Waals surface area contributed by atoms with E-state index in [1.165, 1.54) is 0 Å². The van der Waals surface area contributed by atoms with Gasteiger partial charge in [-0.25, -0.2) is 0 Å². The van der Waals surface area contributed by atoms with Crippen molar-refractivity contribution in [3.63, 3.8) is 0 Å². The van der Waals surface area contributed by atoms with Crippen molar-refractivity contribution in [1.82, 2.24) is 0 Å². The van der Waals surface area contributed by atoms with Gasteiger partial charge in [0.25, 0.3) is 5.91 Å². The molecule has 0 fully saturated rings. The van der Waals surface area contributed by atoms with Gasteiger partial charge in [-0.15, -0.1) is 0 Å². The number of methoxy groups -OCH3 is 2. The van der Waals surface area contributed by atoms with Crippen LogP contribution in [-0.4, -0.2) is 33.7 Å². The summed E-state index contributed by atoms with van der Waals surface area (Å²) in [7, 11) is 5.21. The Morgan fingerprint density at radius 1 is 1.16 bits per heavy atom. The van der Waals surface area contributed by atoms with Gasteiger partial charge in [-0.05, 0) is 36.8 Å². The summed E-state index contributed by atoms with van der Waals surface area (Å²) in [5.74, 6) is 1.44. The van der Waals surface area contributed by atoms with E-state index in [0.29, 0.717) is 18.1 Å². The first kappa shape index (κ1) is 19.1. The van der Waals surface area contributed by atoms with E-state index in [9.17, 15) is 4.79 Å². The molecule has 0 aliphatic heterocycles. The van der Waals surface area contributed by atoms with Crippen molar-refractivity contribution in [2.45, 2.75) is 13.5 Å². The number of amides is 1. The molecule has 0 spiro atoms. The number of nitrogens with one attached hydrogen (secondary N) is 2. The molecule has 2 rings (SSSR count). The minimum Gasteiger partial charge on any atom is -0.497 e. The Kier molecular flexibility index (Phi) is 6.67. The van der Waals surface area contributed by atoms with E-state index in [1.54, 1.807) is 26.4 Å². The lowest BCUT2D eigenvalue weighted by atomic mass is 10.1. The molecule has 1 amide bonds. The zero-order valence-corrected chi connectivity index (χ0v) is 15.7. The van der Waals surface area contributed by atoms with Crippen LogP contribution >= 0.6 is 11.6 Å². The van der Waals surface area contributed by atoms with Gasteiger partial charge in [0.2, 0.25) is 0 Å². The fourth-order valence-corrected chi connectivity index (χ4v) is 2.76. The number of aryl methyl sites for hydroxylation is 1. The van der Waals surface area contributed by atoms with E-state index in [4.69, 9.17) is 21.1 Å². The first-order chi connectivity index (χ1) is 11.9. The number of rotatable bonds is 7. The molecule has 6 heteroatoms. The molecule has 0 heterocycles. The third-order valence-electron chi connectivity index (χ3n) is 3.92. The fraction of sp³-hybridized carbons (Fsp3) is 0.316. The first-order valence-corrected chi connectivity index (χ1v) is 8.39. The number of anilines is 1. The minimum absolute atomic E-state index is 0.0599. The average molecular weight is 364 g/mol. The Morgan fingerprint density at radius 2 is 1.92 bits per heavy atom. The summed E-state index contributed by atoms with van der Waals surface area (Å²) in [6, 6.07) is 11.1. The van der Waals surface area contributed by atoms with Crippen LogP contribution in [-0.2, 0) is 11.3 Å². The second-order valence-corrected chi connectivity index (χ2v) is 6.43. The van der Waals surface area contributed by atoms with Crippen molar-refractivity contribution in [3.8, 4) is 11.5 Å². The van der Waals surface area contributed by atoms with Gasteiger partial charge >= 0.3 is 0 Å². The summed E-state index contributed by atoms with van der Waals surface area (Å²) < 4.78 is 10.6. The topological polar surface area (TPSA) is 52.0 Å². The Balaban J connectivity index is 1.99. The fourth-order valence-electron chi connectivity index (χ4n) is 2.58. The highest BCUT2D eigenvalue weighted by Crippen LogP contribution is 2.24. The van der Waals surface area contributed by atoms with Crippen LogP contribution in [0.2, 0.25) is 5.02 Å². The highest BCUT2D eigenvalue weighted by Gasteiger charge is 2.15. The van der Waals surface area contributed by atoms with Crippen molar-refractivity contribution in [3.05, 3.63) is 52.5 Å². The molecule has 0 radical (unpaired) electrons. The van der Waals surface area contributed by atoms with Crippen molar-refractivity contribution in [1.29, 1.82) is 0 Å². The maximum Gasteiger partial charge on any atom is 0.279 e. The largest absolute Gasteiger partial charge is 0.497 e. The van der Waals surface area contributed by atoms with Gasteiger partial charge in [-0.1, -0.05) is 17.7 Å². The van der Waals surface area contributed by atoms with Crippen LogP contribution in [0.5, 0.6) is 11.5 Å². The van der Waals surface area contributed by atoms with Crippen LogP contribution in [0.25, 0.3) is 0 Å². The van der Waals surface area contributed by atoms with Gasteiger partial charge < -0.3 is 19.7 Å². The third-order valence-corrected chi connectivity index (χ3v) is 4.16. The number of benzene rings is 2. The lowest BCUT2D eigenvalue weighted by Crippen LogP contribution is -3.08. The Bertz CT molecular complexity index is 749. The smallest absolute Gasteiger partial charge is 0.279 e. The highest BCUT2D eigenvalue weighted by molar-refractivity contribution is 6.31. The summed E-state index contributed by atoms with van der Waals surface area (Å²) >= 11 is 5.99. The molecule has 5 nitrogen and oxygen atoms in total. The molecule has 2 aromatic rings. The van der Waals surface area contributed by atoms with E-state index < -0.39 is 0 Å². The predicted octanol–water partition coefficient (Wildman–Crippen LogP) is 2.32. The maximum atomic E-state index is 12.3. The molecule has 1 atom stereocenters. The zero-order valence-electron chi connectivity index (χ0n) is 15.0. The van der Waals surface area contributed by atoms with E-state index >= 15 is 0 Å². The molecule has 1 unspecified atom stereocenters. The van der Waals surface area contributed by atoms with Crippen molar-refractivity contribution >= 4 is 23.2 Å². The molecule has 2 aromatic carbocycles. The molecule has 0 aromatic heterocycles. The van der Waals surface area contributed by atoms with Gasteiger partial charge in [0.05, 0.1) is 21.3 Å². The summed E-state index contributed by atoms with van der Waals surface area (Å²) in [6.45, 7) is 2.93. The maximum absolute atomic E-state index is 12.3. The molecule has 0 aliphatic rings. The number of hydrogen-bond donors (Lipinski definition) is 2. The molecular weight excluding hydrogens is 340 g/mol. The molecule has 2 N–H and O–H groups in total. The average Bonchev–Trinajstić information content (AvgIpc) is 2.58. The third kappa shape index (κ3) is 5.37. The molecule has 0 saturated carbocycles. The Morgan fingerprint density at radius 3 is 2.60 bits per heavy atom. The van der Waals surface area contributed by atoms with E-state index in [-0.39, 0.29) is 5.91 Å². The van der Waals surface area contributed by atoms with Gasteiger partial charge in [0, 0.05) is 22.3 Å². The SMILES string of the molecule is COc1ccc(C[NH+](C)CC(=O)Nc2cc(Cl)ccc2C)c(OC)c1. The van der Waals surface area contributed by atoms with Crippen molar-refractivity contribution in [2.24, 2.45) is 0 Å². The van der Waals surface area contributed by atoms with E-state index in [1.807, 2.05) is 38.2 Å². The molecule has 0 aliphatic carbocycles. The second kappa shape index (κ2) is 8.74. The van der Waals surface area contributed by atoms with Crippen LogP contribution < -0.4 is 19.7 Å². The number of likely N-dealkylation sites (N-methyl/N-ethyl adjacent to an activating group) is 1. The summed E-state index contributed by atoms with van der Waals surface area (Å²) in [5.41, 5.74) is 2.74. The highest BCUT2D eigenvalue weighted by atomic mass is 35.5. The Hall–Kier alpha value is -2.24. The van der Waals surface area contributed by atoms with Gasteiger partial charge in [0.1, 0.15) is 18.0 Å². The van der Waals surface area contributed by atoms with Gasteiger partial charge in [0.15, 0.2) is 6.54 Å². The monoisotopic (exact) mass is 363 g/mol. The standard InChI is InChI=1S/C19H23ClN2O3/c1-13-5-7-15(20)9-17(13)21-19(23)12-22(2)11-14-6-8-16(24-3)10-18(14)25-4/h5-10H,11-12H2,1-4H3,(H,21,23)/p+1. The number of hydrogen-bond acceptors (Lipinski definition) is 3. The molecule has 134 valence electrons. The normalized spacial score (nSPS) is 11.7. The first-order valence-electron chi connectivity index (χ1n) is 8.01. The number of carbonyl (C=O) groups excluding carboxylic acids is 1. The van der Waals surface area contributed by atoms with Crippen molar-refractivity contribution < 1.29 is 19.2 Å². The number of carbonyl (C=O) groups is 1. The lowest BCUT2D eigenvalue weighted by molar-refractivity contribution is -0.885. The van der Waals surface area contributed by atoms with Crippen LogP contribution in [0.4, 0.5) is 5.69 Å². The predicted molar refractivity (Wildman–Crippen MR) is 99.8 cm³/mol. The van der Waals surface area contributed by atoms with Gasteiger partial charge in [-0.3, -0.25) is 4.79 Å². The van der Waals surface area contributed by atoms with Crippen molar-refractivity contribution in [2.75, 3.05) is 33.1 Å². The number of quaternary nitrogens is 1. The van der Waals surface area contributed by atoms with Crippen LogP contribution in [0.1, 0.15) is 11.1 Å². The summed E-state index contributed by atoms with van der Waals surface area (Å²) in [6.07, 6.45) is 0. The van der Waals surface area contributed by atoms with Crippen LogP contribution in [0.3, 0.4) is 0 Å². The lowest BCUT2D eigenvalue weighted by Gasteiger charge is -2.17. The quantitative estimate of drug-likeness (QED) is 0.793. The molecule has 0 bridgehead atoms. The van der Waals surface area contributed by atoms with E-state index in [2.05, 4.69) is 5.32 Å². The van der Waals surface area contributed by atoms with Crippen LogP contribution in [0, 0.1) is 6.92 Å². The number of ether oxygens (including phenoxy) is 2. The summed E-state index contributed by atoms with van der Waals surface area (Å²) in [5, 5.41) is 3.52. The minimum atomic E-state index is -0.0599. The van der Waals surface area contributed by atoms with E-state index in [0.717, 1.165) is 33.2 Å². The Labute approximate surface area is 153 Å².